The zero-order valence-corrected chi connectivity index (χ0v) is 9.97. The van der Waals surface area contributed by atoms with E-state index in [0.29, 0.717) is 11.8 Å². The number of phenols is 2. The Balaban J connectivity index is 1.81. The molecule has 0 bridgehead atoms. The van der Waals surface area contributed by atoms with Crippen molar-refractivity contribution in [1.29, 1.82) is 0 Å². The molecule has 5 nitrogen and oxygen atoms in total. The van der Waals surface area contributed by atoms with Crippen LogP contribution in [0.5, 0.6) is 11.5 Å². The quantitative estimate of drug-likeness (QED) is 0.629. The van der Waals surface area contributed by atoms with Crippen LogP contribution < -0.4 is 5.32 Å². The molecule has 2 aliphatic heterocycles. The van der Waals surface area contributed by atoms with Gasteiger partial charge in [0.05, 0.1) is 5.56 Å². The van der Waals surface area contributed by atoms with E-state index >= 15 is 0 Å². The van der Waals surface area contributed by atoms with Gasteiger partial charge in [0.25, 0.3) is 5.91 Å². The summed E-state index contributed by atoms with van der Waals surface area (Å²) in [6.07, 6.45) is 0. The molecule has 2 unspecified atom stereocenters. The number of phenolic OH excluding ortho intramolecular Hbond substituents is 2. The first-order valence-electron chi connectivity index (χ1n) is 6.17. The van der Waals surface area contributed by atoms with Crippen molar-refractivity contribution in [2.75, 3.05) is 26.2 Å². The Morgan fingerprint density at radius 3 is 2.56 bits per heavy atom. The lowest BCUT2D eigenvalue weighted by Crippen LogP contribution is -2.31. The second kappa shape index (κ2) is 4.17. The minimum Gasteiger partial charge on any atom is -0.504 e. The number of hydrogen-bond donors (Lipinski definition) is 3. The van der Waals surface area contributed by atoms with Crippen molar-refractivity contribution >= 4 is 5.91 Å². The van der Waals surface area contributed by atoms with Gasteiger partial charge in [-0.2, -0.15) is 0 Å². The standard InChI is InChI=1S/C13H16N2O3/c16-11-3-1-2-10(12(11)17)13(18)15-6-8-4-14-5-9(8)7-15/h1-3,8-9,14,16-17H,4-7H2. The molecule has 2 atom stereocenters. The fourth-order valence-corrected chi connectivity index (χ4v) is 2.90. The summed E-state index contributed by atoms with van der Waals surface area (Å²) in [4.78, 5) is 14.1. The summed E-state index contributed by atoms with van der Waals surface area (Å²) >= 11 is 0. The monoisotopic (exact) mass is 248 g/mol. The average Bonchev–Trinajstić information content (AvgIpc) is 2.92. The zero-order valence-electron chi connectivity index (χ0n) is 9.97. The molecule has 0 aromatic heterocycles. The molecule has 1 amide bonds. The first-order chi connectivity index (χ1) is 8.66. The first kappa shape index (κ1) is 11.3. The average molecular weight is 248 g/mol. The maximum atomic E-state index is 12.3. The van der Waals surface area contributed by atoms with Gasteiger partial charge in [0, 0.05) is 26.2 Å². The Labute approximate surface area is 105 Å². The fourth-order valence-electron chi connectivity index (χ4n) is 2.90. The van der Waals surface area contributed by atoms with Gasteiger partial charge < -0.3 is 20.4 Å². The molecule has 0 spiro atoms. The molecular formula is C13H16N2O3. The van der Waals surface area contributed by atoms with E-state index in [1.807, 2.05) is 0 Å². The van der Waals surface area contributed by atoms with Crippen molar-refractivity contribution in [3.8, 4) is 11.5 Å². The van der Waals surface area contributed by atoms with Gasteiger partial charge in [0.2, 0.25) is 0 Å². The van der Waals surface area contributed by atoms with E-state index in [0.717, 1.165) is 26.2 Å². The van der Waals surface area contributed by atoms with Crippen molar-refractivity contribution in [2.24, 2.45) is 11.8 Å². The SMILES string of the molecule is O=C(c1cccc(O)c1O)N1CC2CNCC2C1. The molecule has 1 aromatic rings. The van der Waals surface area contributed by atoms with E-state index in [1.54, 1.807) is 17.0 Å². The van der Waals surface area contributed by atoms with Crippen LogP contribution in [-0.4, -0.2) is 47.2 Å². The summed E-state index contributed by atoms with van der Waals surface area (Å²) in [6.45, 7) is 3.37. The van der Waals surface area contributed by atoms with Gasteiger partial charge in [-0.15, -0.1) is 0 Å². The molecule has 0 saturated carbocycles. The van der Waals surface area contributed by atoms with Crippen LogP contribution in [0.15, 0.2) is 18.2 Å². The highest BCUT2D eigenvalue weighted by atomic mass is 16.3. The van der Waals surface area contributed by atoms with E-state index < -0.39 is 0 Å². The Kier molecular flexibility index (Phi) is 2.63. The van der Waals surface area contributed by atoms with Crippen molar-refractivity contribution in [3.63, 3.8) is 0 Å². The normalized spacial score (nSPS) is 26.3. The molecule has 2 saturated heterocycles. The predicted octanol–water partition coefficient (Wildman–Crippen LogP) is 0.389. The number of para-hydroxylation sites is 1. The minimum absolute atomic E-state index is 0.183. The number of fused-ring (bicyclic) bond motifs is 1. The molecular weight excluding hydrogens is 232 g/mol. The minimum atomic E-state index is -0.322. The van der Waals surface area contributed by atoms with Crippen LogP contribution in [0.25, 0.3) is 0 Å². The van der Waals surface area contributed by atoms with Gasteiger partial charge in [-0.05, 0) is 24.0 Å². The molecule has 0 aliphatic carbocycles. The smallest absolute Gasteiger partial charge is 0.257 e. The Hall–Kier alpha value is -1.75. The molecule has 3 N–H and O–H groups in total. The maximum absolute atomic E-state index is 12.3. The number of benzene rings is 1. The highest BCUT2D eigenvalue weighted by Gasteiger charge is 2.38. The topological polar surface area (TPSA) is 72.8 Å². The molecule has 2 heterocycles. The lowest BCUT2D eigenvalue weighted by molar-refractivity contribution is 0.0778. The summed E-state index contributed by atoms with van der Waals surface area (Å²) < 4.78 is 0. The third kappa shape index (κ3) is 1.71. The number of carbonyl (C=O) groups is 1. The van der Waals surface area contributed by atoms with Crippen molar-refractivity contribution in [2.45, 2.75) is 0 Å². The van der Waals surface area contributed by atoms with Crippen LogP contribution in [0.1, 0.15) is 10.4 Å². The number of rotatable bonds is 1. The van der Waals surface area contributed by atoms with E-state index in [9.17, 15) is 15.0 Å². The molecule has 96 valence electrons. The molecule has 2 fully saturated rings. The predicted molar refractivity (Wildman–Crippen MR) is 65.5 cm³/mol. The van der Waals surface area contributed by atoms with Crippen LogP contribution in [0.4, 0.5) is 0 Å². The summed E-state index contributed by atoms with van der Waals surface area (Å²) in [5.41, 5.74) is 0.183. The third-order valence-corrected chi connectivity index (χ3v) is 3.92. The molecule has 5 heteroatoms. The van der Waals surface area contributed by atoms with E-state index in [2.05, 4.69) is 5.32 Å². The number of amides is 1. The van der Waals surface area contributed by atoms with Gasteiger partial charge in [-0.3, -0.25) is 4.79 Å². The van der Waals surface area contributed by atoms with Gasteiger partial charge >= 0.3 is 0 Å². The number of nitrogens with one attached hydrogen (secondary N) is 1. The summed E-state index contributed by atoms with van der Waals surface area (Å²) in [5.74, 6) is 0.277. The molecule has 0 radical (unpaired) electrons. The van der Waals surface area contributed by atoms with Crippen LogP contribution in [-0.2, 0) is 0 Å². The largest absolute Gasteiger partial charge is 0.504 e. The van der Waals surface area contributed by atoms with Gasteiger partial charge in [0.15, 0.2) is 11.5 Å². The lowest BCUT2D eigenvalue weighted by atomic mass is 10.0. The summed E-state index contributed by atoms with van der Waals surface area (Å²) in [7, 11) is 0. The Morgan fingerprint density at radius 2 is 1.89 bits per heavy atom. The van der Waals surface area contributed by atoms with Crippen molar-refractivity contribution < 1.29 is 15.0 Å². The lowest BCUT2D eigenvalue weighted by Gasteiger charge is -2.18. The maximum Gasteiger partial charge on any atom is 0.257 e. The van der Waals surface area contributed by atoms with Crippen LogP contribution in [0.2, 0.25) is 0 Å². The number of likely N-dealkylation sites (tertiary alicyclic amines) is 1. The summed E-state index contributed by atoms with van der Waals surface area (Å²) in [6, 6.07) is 4.49. The van der Waals surface area contributed by atoms with Crippen LogP contribution in [0.3, 0.4) is 0 Å². The summed E-state index contributed by atoms with van der Waals surface area (Å²) in [5, 5.41) is 22.5. The number of carbonyl (C=O) groups excluding carboxylic acids is 1. The molecule has 18 heavy (non-hydrogen) atoms. The molecule has 3 rings (SSSR count). The Morgan fingerprint density at radius 1 is 1.22 bits per heavy atom. The second-order valence-electron chi connectivity index (χ2n) is 5.06. The third-order valence-electron chi connectivity index (χ3n) is 3.92. The van der Waals surface area contributed by atoms with E-state index in [4.69, 9.17) is 0 Å². The van der Waals surface area contributed by atoms with Gasteiger partial charge in [0.1, 0.15) is 0 Å². The molecule has 2 aliphatic rings. The van der Waals surface area contributed by atoms with Gasteiger partial charge in [-0.25, -0.2) is 0 Å². The Bertz CT molecular complexity index is 477. The van der Waals surface area contributed by atoms with Crippen molar-refractivity contribution in [3.05, 3.63) is 23.8 Å². The van der Waals surface area contributed by atoms with Crippen LogP contribution in [0, 0.1) is 11.8 Å². The highest BCUT2D eigenvalue weighted by molar-refractivity contribution is 5.97. The zero-order chi connectivity index (χ0) is 12.7. The highest BCUT2D eigenvalue weighted by Crippen LogP contribution is 2.32. The number of nitrogens with zero attached hydrogens (tertiary/aromatic N) is 1. The first-order valence-corrected chi connectivity index (χ1v) is 6.17. The molecule has 1 aromatic carbocycles. The number of hydrogen-bond acceptors (Lipinski definition) is 4. The van der Waals surface area contributed by atoms with E-state index in [1.165, 1.54) is 6.07 Å². The van der Waals surface area contributed by atoms with Crippen LogP contribution >= 0.6 is 0 Å². The van der Waals surface area contributed by atoms with E-state index in [-0.39, 0.29) is 23.0 Å². The van der Waals surface area contributed by atoms with Crippen molar-refractivity contribution in [1.82, 2.24) is 10.2 Å². The van der Waals surface area contributed by atoms with Gasteiger partial charge in [-0.1, -0.05) is 6.07 Å². The second-order valence-corrected chi connectivity index (χ2v) is 5.06. The fraction of sp³-hybridized carbons (Fsp3) is 0.462. The number of aromatic hydroxyl groups is 2.